The molecule has 0 aliphatic carbocycles. The highest BCUT2D eigenvalue weighted by Gasteiger charge is 2.10. The minimum absolute atomic E-state index is 0.112. The normalized spacial score (nSPS) is 11.1. The number of nitrogens with zero attached hydrogens (tertiary/aromatic N) is 2. The third-order valence-electron chi connectivity index (χ3n) is 3.39. The zero-order valence-electron chi connectivity index (χ0n) is 11.8. The van der Waals surface area contributed by atoms with Crippen molar-refractivity contribution >= 4 is 28.7 Å². The van der Waals surface area contributed by atoms with Gasteiger partial charge in [0.05, 0.1) is 6.21 Å². The van der Waals surface area contributed by atoms with Gasteiger partial charge in [0.2, 0.25) is 5.91 Å². The number of fused-ring (bicyclic) bond motifs is 1. The molecule has 0 fully saturated rings. The number of para-hydroxylation sites is 2. The first-order chi connectivity index (χ1) is 10.8. The van der Waals surface area contributed by atoms with Crippen LogP contribution in [-0.4, -0.2) is 21.9 Å². The number of anilines is 1. The van der Waals surface area contributed by atoms with Crippen molar-refractivity contribution in [1.82, 2.24) is 4.57 Å². The Balaban J connectivity index is 1.86. The molecule has 0 unspecified atom stereocenters. The molecule has 0 bridgehead atoms. The Labute approximate surface area is 127 Å². The van der Waals surface area contributed by atoms with Gasteiger partial charge in [-0.25, -0.2) is 0 Å². The van der Waals surface area contributed by atoms with Crippen LogP contribution in [0.3, 0.4) is 0 Å². The first kappa shape index (κ1) is 13.9. The minimum Gasteiger partial charge on any atom is -0.411 e. The number of amides is 1. The van der Waals surface area contributed by atoms with Crippen molar-refractivity contribution in [1.29, 1.82) is 0 Å². The molecule has 3 rings (SSSR count). The summed E-state index contributed by atoms with van der Waals surface area (Å²) in [5.41, 5.74) is 2.45. The maximum atomic E-state index is 12.2. The third kappa shape index (κ3) is 2.83. The van der Waals surface area contributed by atoms with E-state index in [1.54, 1.807) is 6.20 Å². The van der Waals surface area contributed by atoms with Crippen LogP contribution in [0.25, 0.3) is 10.9 Å². The van der Waals surface area contributed by atoms with Crippen LogP contribution >= 0.6 is 0 Å². The van der Waals surface area contributed by atoms with Crippen molar-refractivity contribution in [2.24, 2.45) is 5.16 Å². The lowest BCUT2D eigenvalue weighted by Crippen LogP contribution is -2.18. The molecule has 0 spiro atoms. The number of oxime groups is 1. The van der Waals surface area contributed by atoms with Gasteiger partial charge in [0.15, 0.2) is 0 Å². The summed E-state index contributed by atoms with van der Waals surface area (Å²) in [6.07, 6.45) is 3.17. The molecule has 0 saturated carbocycles. The topological polar surface area (TPSA) is 66.6 Å². The molecular weight excluding hydrogens is 278 g/mol. The smallest absolute Gasteiger partial charge is 0.244 e. The number of nitrogens with one attached hydrogen (secondary N) is 1. The number of aromatic nitrogens is 1. The van der Waals surface area contributed by atoms with Crippen molar-refractivity contribution in [3.8, 4) is 0 Å². The van der Waals surface area contributed by atoms with Gasteiger partial charge in [0, 0.05) is 28.4 Å². The zero-order valence-corrected chi connectivity index (χ0v) is 11.8. The quantitative estimate of drug-likeness (QED) is 0.441. The maximum absolute atomic E-state index is 12.2. The van der Waals surface area contributed by atoms with Crippen LogP contribution in [0.4, 0.5) is 5.69 Å². The Bertz CT molecular complexity index is 822. The molecule has 2 N–H and O–H groups in total. The van der Waals surface area contributed by atoms with E-state index in [1.165, 1.54) is 6.21 Å². The van der Waals surface area contributed by atoms with Gasteiger partial charge in [-0.3, -0.25) is 4.79 Å². The summed E-state index contributed by atoms with van der Waals surface area (Å²) in [4.78, 5) is 12.2. The minimum atomic E-state index is -0.112. The Morgan fingerprint density at radius 2 is 1.86 bits per heavy atom. The van der Waals surface area contributed by atoms with Gasteiger partial charge in [0.1, 0.15) is 6.54 Å². The number of rotatable bonds is 4. The van der Waals surface area contributed by atoms with Crippen molar-refractivity contribution in [3.63, 3.8) is 0 Å². The molecule has 5 nitrogen and oxygen atoms in total. The Hall–Kier alpha value is -3.08. The molecule has 0 radical (unpaired) electrons. The van der Waals surface area contributed by atoms with Gasteiger partial charge in [-0.15, -0.1) is 0 Å². The second kappa shape index (κ2) is 6.13. The summed E-state index contributed by atoms with van der Waals surface area (Å²) in [6.45, 7) is 0.189. The largest absolute Gasteiger partial charge is 0.411 e. The molecule has 1 amide bonds. The van der Waals surface area contributed by atoms with Crippen LogP contribution in [0.5, 0.6) is 0 Å². The van der Waals surface area contributed by atoms with E-state index in [0.717, 1.165) is 22.2 Å². The summed E-state index contributed by atoms with van der Waals surface area (Å²) in [6, 6.07) is 17.0. The van der Waals surface area contributed by atoms with Gasteiger partial charge < -0.3 is 15.1 Å². The second-order valence-electron chi connectivity index (χ2n) is 4.89. The van der Waals surface area contributed by atoms with Gasteiger partial charge in [-0.05, 0) is 18.2 Å². The number of benzene rings is 2. The van der Waals surface area contributed by atoms with E-state index < -0.39 is 0 Å². The Morgan fingerprint density at radius 3 is 2.64 bits per heavy atom. The summed E-state index contributed by atoms with van der Waals surface area (Å²) in [5.74, 6) is -0.112. The zero-order chi connectivity index (χ0) is 15.4. The van der Waals surface area contributed by atoms with Crippen molar-refractivity contribution in [2.45, 2.75) is 6.54 Å². The monoisotopic (exact) mass is 293 g/mol. The van der Waals surface area contributed by atoms with E-state index in [1.807, 2.05) is 59.2 Å². The highest BCUT2D eigenvalue weighted by Crippen LogP contribution is 2.20. The van der Waals surface area contributed by atoms with Gasteiger partial charge in [-0.1, -0.05) is 41.6 Å². The summed E-state index contributed by atoms with van der Waals surface area (Å²) in [7, 11) is 0. The van der Waals surface area contributed by atoms with E-state index in [0.29, 0.717) is 0 Å². The lowest BCUT2D eigenvalue weighted by Gasteiger charge is -2.07. The van der Waals surface area contributed by atoms with E-state index in [-0.39, 0.29) is 12.5 Å². The fraction of sp³-hybridized carbons (Fsp3) is 0.0588. The molecule has 0 atom stereocenters. The molecular formula is C17H15N3O2. The molecule has 22 heavy (non-hydrogen) atoms. The van der Waals surface area contributed by atoms with Crippen LogP contribution < -0.4 is 5.32 Å². The fourth-order valence-corrected chi connectivity index (χ4v) is 2.45. The third-order valence-corrected chi connectivity index (χ3v) is 3.39. The van der Waals surface area contributed by atoms with Crippen molar-refractivity contribution < 1.29 is 10.0 Å². The molecule has 5 heteroatoms. The van der Waals surface area contributed by atoms with E-state index in [2.05, 4.69) is 10.5 Å². The second-order valence-corrected chi connectivity index (χ2v) is 4.89. The molecule has 0 aliphatic heterocycles. The Kier molecular flexibility index (Phi) is 3.87. The van der Waals surface area contributed by atoms with Crippen molar-refractivity contribution in [3.05, 3.63) is 66.4 Å². The Morgan fingerprint density at radius 1 is 1.14 bits per heavy atom. The van der Waals surface area contributed by atoms with E-state index >= 15 is 0 Å². The van der Waals surface area contributed by atoms with Gasteiger partial charge in [-0.2, -0.15) is 0 Å². The van der Waals surface area contributed by atoms with E-state index in [4.69, 9.17) is 5.21 Å². The number of hydrogen-bond acceptors (Lipinski definition) is 3. The van der Waals surface area contributed by atoms with Crippen LogP contribution in [0.2, 0.25) is 0 Å². The number of carbonyl (C=O) groups is 1. The van der Waals surface area contributed by atoms with Crippen LogP contribution in [0.1, 0.15) is 5.56 Å². The number of carbonyl (C=O) groups excluding carboxylic acids is 1. The number of hydrogen-bond donors (Lipinski definition) is 2. The molecule has 110 valence electrons. The lowest BCUT2D eigenvalue weighted by atomic mass is 10.2. The fourth-order valence-electron chi connectivity index (χ4n) is 2.45. The summed E-state index contributed by atoms with van der Waals surface area (Å²) < 4.78 is 1.84. The lowest BCUT2D eigenvalue weighted by molar-refractivity contribution is -0.116. The molecule has 0 saturated heterocycles. The first-order valence-electron chi connectivity index (χ1n) is 6.88. The van der Waals surface area contributed by atoms with Crippen LogP contribution in [0.15, 0.2) is 65.9 Å². The van der Waals surface area contributed by atoms with E-state index in [9.17, 15) is 4.79 Å². The predicted molar refractivity (Wildman–Crippen MR) is 86.4 cm³/mol. The molecule has 3 aromatic rings. The van der Waals surface area contributed by atoms with Crippen LogP contribution in [-0.2, 0) is 11.3 Å². The predicted octanol–water partition coefficient (Wildman–Crippen LogP) is 3.09. The highest BCUT2D eigenvalue weighted by atomic mass is 16.4. The van der Waals surface area contributed by atoms with Crippen LogP contribution in [0, 0.1) is 0 Å². The van der Waals surface area contributed by atoms with Crippen molar-refractivity contribution in [2.75, 3.05) is 5.32 Å². The molecule has 0 aliphatic rings. The molecule has 1 aromatic heterocycles. The summed E-state index contributed by atoms with van der Waals surface area (Å²) >= 11 is 0. The average molecular weight is 293 g/mol. The van der Waals surface area contributed by atoms with Gasteiger partial charge in [0.25, 0.3) is 0 Å². The highest BCUT2D eigenvalue weighted by molar-refractivity contribution is 6.00. The molecule has 2 aromatic carbocycles. The SMILES string of the molecule is O=C(Cn1cc(C=NO)c2ccccc21)Nc1ccccc1. The average Bonchev–Trinajstić information content (AvgIpc) is 2.87. The standard InChI is InChI=1S/C17H15N3O2/c21-17(19-14-6-2-1-3-7-14)12-20-11-13(10-18-22)15-8-4-5-9-16(15)20/h1-11,22H,12H2,(H,19,21). The maximum Gasteiger partial charge on any atom is 0.244 e. The molecule has 1 heterocycles. The van der Waals surface area contributed by atoms with Gasteiger partial charge >= 0.3 is 0 Å². The first-order valence-corrected chi connectivity index (χ1v) is 6.88. The summed E-state index contributed by atoms with van der Waals surface area (Å²) in [5, 5.41) is 15.6.